The third kappa shape index (κ3) is 5.20. The van der Waals surface area contributed by atoms with Gasteiger partial charge in [0.05, 0.1) is 25.2 Å². The van der Waals surface area contributed by atoms with Gasteiger partial charge in [-0.15, -0.1) is 10.2 Å². The van der Waals surface area contributed by atoms with Crippen molar-refractivity contribution < 1.29 is 13.9 Å². The van der Waals surface area contributed by atoms with Gasteiger partial charge in [0, 0.05) is 6.54 Å². The maximum absolute atomic E-state index is 12.7. The molecule has 2 heterocycles. The topological polar surface area (TPSA) is 82.2 Å². The molecule has 0 spiro atoms. The van der Waals surface area contributed by atoms with Crippen molar-refractivity contribution in [1.82, 2.24) is 20.1 Å². The summed E-state index contributed by atoms with van der Waals surface area (Å²) in [4.78, 5) is 12.7. The maximum atomic E-state index is 12.7. The van der Waals surface area contributed by atoms with Crippen LogP contribution in [0.25, 0.3) is 11.6 Å². The number of thioether (sulfide) groups is 1. The van der Waals surface area contributed by atoms with E-state index in [9.17, 15) is 4.79 Å². The lowest BCUT2D eigenvalue weighted by Gasteiger charge is -2.14. The summed E-state index contributed by atoms with van der Waals surface area (Å²) in [5, 5.41) is 12.0. The highest BCUT2D eigenvalue weighted by molar-refractivity contribution is 8.00. The van der Waals surface area contributed by atoms with Crippen LogP contribution in [0.4, 0.5) is 0 Å². The molecule has 2 aromatic carbocycles. The van der Waals surface area contributed by atoms with E-state index in [-0.39, 0.29) is 11.2 Å². The summed E-state index contributed by atoms with van der Waals surface area (Å²) in [5.41, 5.74) is 2.11. The molecule has 0 unspecified atom stereocenters. The summed E-state index contributed by atoms with van der Waals surface area (Å²) < 4.78 is 12.7. The number of carbonyl (C=O) groups excluding carboxylic acids is 1. The number of aromatic nitrogens is 3. The molecule has 0 aliphatic rings. The normalized spacial score (nSPS) is 11.8. The van der Waals surface area contributed by atoms with Gasteiger partial charge in [0.1, 0.15) is 5.75 Å². The van der Waals surface area contributed by atoms with Crippen LogP contribution in [0.1, 0.15) is 18.1 Å². The zero-order chi connectivity index (χ0) is 22.3. The van der Waals surface area contributed by atoms with Crippen LogP contribution in [-0.2, 0) is 17.9 Å². The van der Waals surface area contributed by atoms with Crippen molar-refractivity contribution in [2.24, 2.45) is 0 Å². The molecule has 0 saturated carbocycles. The highest BCUT2D eigenvalue weighted by Gasteiger charge is 2.22. The third-order valence-electron chi connectivity index (χ3n) is 4.92. The van der Waals surface area contributed by atoms with Gasteiger partial charge in [-0.2, -0.15) is 0 Å². The van der Waals surface area contributed by atoms with E-state index < -0.39 is 0 Å². The lowest BCUT2D eigenvalue weighted by atomic mass is 10.2. The first-order chi connectivity index (χ1) is 15.6. The molecule has 1 amide bonds. The highest BCUT2D eigenvalue weighted by Crippen LogP contribution is 2.28. The molecule has 1 N–H and O–H groups in total. The fourth-order valence-electron chi connectivity index (χ4n) is 3.16. The Hall–Kier alpha value is -3.52. The number of methoxy groups -OCH3 is 1. The number of amides is 1. The second kappa shape index (κ2) is 10.2. The predicted molar refractivity (Wildman–Crippen MR) is 123 cm³/mol. The highest BCUT2D eigenvalue weighted by atomic mass is 32.2. The van der Waals surface area contributed by atoms with Gasteiger partial charge < -0.3 is 14.5 Å². The number of carbonyl (C=O) groups is 1. The Kier molecular flexibility index (Phi) is 6.91. The molecule has 7 nitrogen and oxygen atoms in total. The van der Waals surface area contributed by atoms with Crippen LogP contribution in [0.2, 0.25) is 0 Å². The van der Waals surface area contributed by atoms with Gasteiger partial charge in [0.25, 0.3) is 0 Å². The first-order valence-corrected chi connectivity index (χ1v) is 11.1. The number of nitrogens with one attached hydrogen (secondary N) is 1. The fraction of sp³-hybridized carbons (Fsp3) is 0.208. The maximum Gasteiger partial charge on any atom is 0.233 e. The number of benzene rings is 2. The smallest absolute Gasteiger partial charge is 0.233 e. The zero-order valence-electron chi connectivity index (χ0n) is 17.9. The standard InChI is InChI=1S/C24H24N4O3S/c1-17(23(29)25-15-18-10-12-20(30-2)13-11-18)32-24-27-26-22(21-9-6-14-31-21)28(24)16-19-7-4-3-5-8-19/h3-14,17H,15-16H2,1-2H3,(H,25,29)/t17-/m1/s1. The van der Waals surface area contributed by atoms with Crippen molar-refractivity contribution in [2.75, 3.05) is 7.11 Å². The number of nitrogens with zero attached hydrogens (tertiary/aromatic N) is 3. The van der Waals surface area contributed by atoms with Crippen LogP contribution < -0.4 is 10.1 Å². The summed E-state index contributed by atoms with van der Waals surface area (Å²) >= 11 is 1.37. The predicted octanol–water partition coefficient (Wildman–Crippen LogP) is 4.39. The van der Waals surface area contributed by atoms with E-state index in [2.05, 4.69) is 15.5 Å². The average Bonchev–Trinajstić information content (AvgIpc) is 3.49. The van der Waals surface area contributed by atoms with Gasteiger partial charge in [0.2, 0.25) is 11.7 Å². The quantitative estimate of drug-likeness (QED) is 0.383. The second-order valence-electron chi connectivity index (χ2n) is 7.18. The first-order valence-electron chi connectivity index (χ1n) is 10.2. The van der Waals surface area contributed by atoms with Crippen molar-refractivity contribution in [3.05, 3.63) is 84.1 Å². The van der Waals surface area contributed by atoms with Crippen molar-refractivity contribution in [3.63, 3.8) is 0 Å². The van der Waals surface area contributed by atoms with E-state index in [1.165, 1.54) is 11.8 Å². The van der Waals surface area contributed by atoms with Crippen LogP contribution in [-0.4, -0.2) is 33.0 Å². The average molecular weight is 449 g/mol. The minimum absolute atomic E-state index is 0.0698. The Morgan fingerprint density at radius 1 is 1.06 bits per heavy atom. The minimum atomic E-state index is -0.351. The summed E-state index contributed by atoms with van der Waals surface area (Å²) in [5.74, 6) is 1.98. The van der Waals surface area contributed by atoms with Crippen molar-refractivity contribution in [3.8, 4) is 17.3 Å². The molecule has 32 heavy (non-hydrogen) atoms. The Bertz CT molecular complexity index is 1140. The molecule has 2 aromatic heterocycles. The van der Waals surface area contributed by atoms with Gasteiger partial charge in [-0.3, -0.25) is 9.36 Å². The van der Waals surface area contributed by atoms with Crippen molar-refractivity contribution in [2.45, 2.75) is 30.4 Å². The van der Waals surface area contributed by atoms with Crippen molar-refractivity contribution >= 4 is 17.7 Å². The minimum Gasteiger partial charge on any atom is -0.497 e. The third-order valence-corrected chi connectivity index (χ3v) is 6.00. The van der Waals surface area contributed by atoms with Gasteiger partial charge in [-0.1, -0.05) is 54.2 Å². The molecule has 4 aromatic rings. The molecule has 164 valence electrons. The molecule has 0 aliphatic heterocycles. The molecule has 1 atom stereocenters. The van der Waals surface area contributed by atoms with E-state index in [1.807, 2.05) is 78.2 Å². The zero-order valence-corrected chi connectivity index (χ0v) is 18.7. The Balaban J connectivity index is 1.46. The summed E-state index contributed by atoms with van der Waals surface area (Å²) in [6.45, 7) is 2.89. The van der Waals surface area contributed by atoms with Crippen LogP contribution in [0.5, 0.6) is 5.75 Å². The molecular formula is C24H24N4O3S. The lowest BCUT2D eigenvalue weighted by molar-refractivity contribution is -0.120. The Morgan fingerprint density at radius 2 is 1.84 bits per heavy atom. The van der Waals surface area contributed by atoms with Gasteiger partial charge >= 0.3 is 0 Å². The number of ether oxygens (including phenoxy) is 1. The molecule has 8 heteroatoms. The summed E-state index contributed by atoms with van der Waals surface area (Å²) in [7, 11) is 1.63. The van der Waals surface area contributed by atoms with E-state index in [0.717, 1.165) is 16.9 Å². The van der Waals surface area contributed by atoms with Crippen LogP contribution >= 0.6 is 11.8 Å². The van der Waals surface area contributed by atoms with E-state index >= 15 is 0 Å². The van der Waals surface area contributed by atoms with Gasteiger partial charge in [-0.05, 0) is 42.3 Å². The fourth-order valence-corrected chi connectivity index (χ4v) is 4.03. The SMILES string of the molecule is COc1ccc(CNC(=O)[C@@H](C)Sc2nnc(-c3ccco3)n2Cc2ccccc2)cc1. The summed E-state index contributed by atoms with van der Waals surface area (Å²) in [6, 6.07) is 21.4. The molecule has 0 bridgehead atoms. The largest absolute Gasteiger partial charge is 0.497 e. The number of hydrogen-bond donors (Lipinski definition) is 1. The molecule has 4 rings (SSSR count). The molecule has 0 fully saturated rings. The van der Waals surface area contributed by atoms with Gasteiger partial charge in [0.15, 0.2) is 10.9 Å². The second-order valence-corrected chi connectivity index (χ2v) is 8.49. The molecule has 0 radical (unpaired) electrons. The monoisotopic (exact) mass is 448 g/mol. The van der Waals surface area contributed by atoms with Crippen molar-refractivity contribution in [1.29, 1.82) is 0 Å². The van der Waals surface area contributed by atoms with E-state index in [0.29, 0.717) is 29.8 Å². The van der Waals surface area contributed by atoms with Crippen LogP contribution in [0.15, 0.2) is 82.6 Å². The number of furan rings is 1. The molecule has 0 saturated heterocycles. The van der Waals surface area contributed by atoms with E-state index in [4.69, 9.17) is 9.15 Å². The number of hydrogen-bond acceptors (Lipinski definition) is 6. The van der Waals surface area contributed by atoms with E-state index in [1.54, 1.807) is 13.4 Å². The Morgan fingerprint density at radius 3 is 2.53 bits per heavy atom. The lowest BCUT2D eigenvalue weighted by Crippen LogP contribution is -2.30. The van der Waals surface area contributed by atoms with Gasteiger partial charge in [-0.25, -0.2) is 0 Å². The van der Waals surface area contributed by atoms with Crippen LogP contribution in [0.3, 0.4) is 0 Å². The number of rotatable bonds is 9. The Labute approximate surface area is 190 Å². The summed E-state index contributed by atoms with van der Waals surface area (Å²) in [6.07, 6.45) is 1.61. The first kappa shape index (κ1) is 21.7. The molecule has 0 aliphatic carbocycles. The van der Waals surface area contributed by atoms with Crippen LogP contribution in [0, 0.1) is 0 Å². The molecular weight excluding hydrogens is 424 g/mol.